The highest BCUT2D eigenvalue weighted by molar-refractivity contribution is 5.76. The van der Waals surface area contributed by atoms with Crippen LogP contribution in [0.5, 0.6) is 0 Å². The van der Waals surface area contributed by atoms with E-state index in [0.717, 1.165) is 18.4 Å². The Morgan fingerprint density at radius 3 is 2.50 bits per heavy atom. The highest BCUT2D eigenvalue weighted by atomic mass is 16.7. The maximum absolute atomic E-state index is 12.4. The molecule has 1 amide bonds. The molecule has 2 aliphatic rings. The fourth-order valence-corrected chi connectivity index (χ4v) is 3.42. The summed E-state index contributed by atoms with van der Waals surface area (Å²) in [6.45, 7) is 4.65. The summed E-state index contributed by atoms with van der Waals surface area (Å²) < 4.78 is 17.1. The minimum Gasteiger partial charge on any atom is -0.421 e. The van der Waals surface area contributed by atoms with Crippen LogP contribution in [-0.4, -0.2) is 53.1 Å². The Bertz CT molecular complexity index is 755. The van der Waals surface area contributed by atoms with E-state index in [0.29, 0.717) is 50.9 Å². The van der Waals surface area contributed by atoms with Crippen molar-refractivity contribution in [2.45, 2.75) is 38.4 Å². The second-order valence-electron chi connectivity index (χ2n) is 6.86. The Labute approximate surface area is 152 Å². The van der Waals surface area contributed by atoms with Crippen LogP contribution in [0.1, 0.15) is 30.7 Å². The monoisotopic (exact) mass is 357 g/mol. The molecule has 2 fully saturated rings. The van der Waals surface area contributed by atoms with Gasteiger partial charge in [0.15, 0.2) is 5.79 Å². The molecular formula is C19H23N3O4. The summed E-state index contributed by atoms with van der Waals surface area (Å²) in [4.78, 5) is 14.3. The summed E-state index contributed by atoms with van der Waals surface area (Å²) in [6, 6.07) is 7.91. The van der Waals surface area contributed by atoms with Crippen LogP contribution in [0.15, 0.2) is 28.7 Å². The SMILES string of the molecule is Cc1ccc(-c2nnc(CCC(=O)N3CCC4(CC3)OCCO4)o2)cc1. The lowest BCUT2D eigenvalue weighted by Gasteiger charge is -2.37. The number of aryl methyl sites for hydroxylation is 2. The van der Waals surface area contributed by atoms with E-state index in [1.807, 2.05) is 36.1 Å². The summed E-state index contributed by atoms with van der Waals surface area (Å²) in [7, 11) is 0. The second-order valence-corrected chi connectivity index (χ2v) is 6.86. The van der Waals surface area contributed by atoms with Crippen LogP contribution in [-0.2, 0) is 20.7 Å². The molecule has 7 nitrogen and oxygen atoms in total. The van der Waals surface area contributed by atoms with Crippen LogP contribution in [0, 0.1) is 6.92 Å². The third-order valence-corrected chi connectivity index (χ3v) is 5.01. The summed E-state index contributed by atoms with van der Waals surface area (Å²) in [5.41, 5.74) is 2.06. The number of carbonyl (C=O) groups excluding carboxylic acids is 1. The highest BCUT2D eigenvalue weighted by Gasteiger charge is 2.40. The average Bonchev–Trinajstić information content (AvgIpc) is 3.31. The molecule has 0 N–H and O–H groups in total. The van der Waals surface area contributed by atoms with E-state index < -0.39 is 5.79 Å². The minimum atomic E-state index is -0.452. The van der Waals surface area contributed by atoms with E-state index >= 15 is 0 Å². The van der Waals surface area contributed by atoms with Crippen LogP contribution in [0.3, 0.4) is 0 Å². The van der Waals surface area contributed by atoms with Crippen molar-refractivity contribution in [3.05, 3.63) is 35.7 Å². The number of nitrogens with zero attached hydrogens (tertiary/aromatic N) is 3. The number of aromatic nitrogens is 2. The molecule has 2 saturated heterocycles. The van der Waals surface area contributed by atoms with Crippen molar-refractivity contribution in [2.75, 3.05) is 26.3 Å². The van der Waals surface area contributed by atoms with Crippen molar-refractivity contribution < 1.29 is 18.7 Å². The van der Waals surface area contributed by atoms with Gasteiger partial charge in [0.2, 0.25) is 17.7 Å². The van der Waals surface area contributed by atoms with Crippen molar-refractivity contribution in [1.82, 2.24) is 15.1 Å². The fourth-order valence-electron chi connectivity index (χ4n) is 3.42. The quantitative estimate of drug-likeness (QED) is 0.836. The lowest BCUT2D eigenvalue weighted by atomic mass is 10.0. The van der Waals surface area contributed by atoms with Gasteiger partial charge >= 0.3 is 0 Å². The molecule has 0 unspecified atom stereocenters. The normalized spacial score (nSPS) is 19.2. The minimum absolute atomic E-state index is 0.105. The van der Waals surface area contributed by atoms with Crippen LogP contribution >= 0.6 is 0 Å². The molecule has 3 heterocycles. The van der Waals surface area contributed by atoms with E-state index in [-0.39, 0.29) is 5.91 Å². The third kappa shape index (κ3) is 3.64. The van der Waals surface area contributed by atoms with E-state index in [9.17, 15) is 4.79 Å². The zero-order valence-electron chi connectivity index (χ0n) is 14.9. The molecule has 0 bridgehead atoms. The van der Waals surface area contributed by atoms with E-state index in [1.54, 1.807) is 0 Å². The third-order valence-electron chi connectivity index (χ3n) is 5.01. The molecule has 4 rings (SSSR count). The molecule has 0 atom stereocenters. The van der Waals surface area contributed by atoms with Crippen LogP contribution in [0.25, 0.3) is 11.5 Å². The van der Waals surface area contributed by atoms with Gasteiger partial charge in [-0.25, -0.2) is 0 Å². The number of amides is 1. The predicted molar refractivity (Wildman–Crippen MR) is 93.2 cm³/mol. The molecule has 0 aliphatic carbocycles. The van der Waals surface area contributed by atoms with Crippen molar-refractivity contribution in [1.29, 1.82) is 0 Å². The Morgan fingerprint density at radius 2 is 1.81 bits per heavy atom. The smallest absolute Gasteiger partial charge is 0.247 e. The Kier molecular flexibility index (Phi) is 4.74. The molecule has 1 aromatic heterocycles. The molecule has 0 radical (unpaired) electrons. The van der Waals surface area contributed by atoms with Gasteiger partial charge in [-0.15, -0.1) is 10.2 Å². The maximum atomic E-state index is 12.4. The first-order valence-corrected chi connectivity index (χ1v) is 9.09. The largest absolute Gasteiger partial charge is 0.421 e. The first-order valence-electron chi connectivity index (χ1n) is 9.09. The van der Waals surface area contributed by atoms with Gasteiger partial charge in [0, 0.05) is 44.3 Å². The van der Waals surface area contributed by atoms with Crippen LogP contribution in [0.4, 0.5) is 0 Å². The second kappa shape index (κ2) is 7.17. The molecule has 2 aliphatic heterocycles. The van der Waals surface area contributed by atoms with Crippen LogP contribution in [0.2, 0.25) is 0 Å². The molecule has 1 aromatic carbocycles. The lowest BCUT2D eigenvalue weighted by molar-refractivity contribution is -0.187. The molecule has 7 heteroatoms. The number of hydrogen-bond acceptors (Lipinski definition) is 6. The van der Waals surface area contributed by atoms with Gasteiger partial charge in [-0.3, -0.25) is 4.79 Å². The molecule has 138 valence electrons. The molecular weight excluding hydrogens is 334 g/mol. The summed E-state index contributed by atoms with van der Waals surface area (Å²) >= 11 is 0. The van der Waals surface area contributed by atoms with E-state index in [1.165, 1.54) is 5.56 Å². The van der Waals surface area contributed by atoms with Gasteiger partial charge in [-0.1, -0.05) is 17.7 Å². The first-order chi connectivity index (χ1) is 12.6. The fraction of sp³-hybridized carbons (Fsp3) is 0.526. The number of carbonyl (C=O) groups is 1. The molecule has 26 heavy (non-hydrogen) atoms. The van der Waals surface area contributed by atoms with Gasteiger partial charge in [-0.05, 0) is 19.1 Å². The zero-order valence-corrected chi connectivity index (χ0v) is 14.9. The highest BCUT2D eigenvalue weighted by Crippen LogP contribution is 2.31. The standard InChI is InChI=1S/C19H23N3O4/c1-14-2-4-15(5-3-14)18-21-20-16(26-18)6-7-17(23)22-10-8-19(9-11-22)24-12-13-25-19/h2-5H,6-13H2,1H3. The maximum Gasteiger partial charge on any atom is 0.247 e. The zero-order chi connectivity index (χ0) is 18.0. The average molecular weight is 357 g/mol. The van der Waals surface area contributed by atoms with E-state index in [2.05, 4.69) is 10.2 Å². The van der Waals surface area contributed by atoms with Crippen molar-refractivity contribution in [3.8, 4) is 11.5 Å². The molecule has 1 spiro atoms. The van der Waals surface area contributed by atoms with E-state index in [4.69, 9.17) is 13.9 Å². The molecule has 2 aromatic rings. The van der Waals surface area contributed by atoms with Crippen molar-refractivity contribution in [3.63, 3.8) is 0 Å². The predicted octanol–water partition coefficient (Wildman–Crippen LogP) is 2.34. The van der Waals surface area contributed by atoms with Gasteiger partial charge in [0.05, 0.1) is 13.2 Å². The molecule has 0 saturated carbocycles. The summed E-state index contributed by atoms with van der Waals surface area (Å²) in [5.74, 6) is 0.632. The number of rotatable bonds is 4. The Morgan fingerprint density at radius 1 is 1.12 bits per heavy atom. The van der Waals surface area contributed by atoms with Crippen LogP contribution < -0.4 is 0 Å². The van der Waals surface area contributed by atoms with Crippen molar-refractivity contribution >= 4 is 5.91 Å². The van der Waals surface area contributed by atoms with Gasteiger partial charge < -0.3 is 18.8 Å². The topological polar surface area (TPSA) is 77.7 Å². The summed E-state index contributed by atoms with van der Waals surface area (Å²) in [5, 5.41) is 8.14. The lowest BCUT2D eigenvalue weighted by Crippen LogP contribution is -2.47. The number of ether oxygens (including phenoxy) is 2. The summed E-state index contributed by atoms with van der Waals surface area (Å²) in [6.07, 6.45) is 2.28. The van der Waals surface area contributed by atoms with Gasteiger partial charge in [0.25, 0.3) is 0 Å². The number of benzene rings is 1. The van der Waals surface area contributed by atoms with Gasteiger partial charge in [0.1, 0.15) is 0 Å². The Hall–Kier alpha value is -2.25. The number of hydrogen-bond donors (Lipinski definition) is 0. The van der Waals surface area contributed by atoms with Crippen molar-refractivity contribution in [2.24, 2.45) is 0 Å². The Balaban J connectivity index is 1.29. The first kappa shape index (κ1) is 17.2. The number of piperidine rings is 1. The number of likely N-dealkylation sites (tertiary alicyclic amines) is 1. The van der Waals surface area contributed by atoms with Gasteiger partial charge in [-0.2, -0.15) is 0 Å².